The molecule has 14 heavy (non-hydrogen) atoms. The molecular formula is C14H18. The summed E-state index contributed by atoms with van der Waals surface area (Å²) in [6.45, 7) is 6.55. The molecule has 4 atom stereocenters. The van der Waals surface area contributed by atoms with E-state index in [1.54, 1.807) is 0 Å². The van der Waals surface area contributed by atoms with Gasteiger partial charge in [-0.2, -0.15) is 0 Å². The maximum Gasteiger partial charge on any atom is 0.00145 e. The fourth-order valence-corrected chi connectivity index (χ4v) is 5.32. The van der Waals surface area contributed by atoms with Gasteiger partial charge in [0, 0.05) is 5.41 Å². The zero-order chi connectivity index (χ0) is 9.55. The fraction of sp³-hybridized carbons (Fsp3) is 0.714. The first-order chi connectivity index (χ1) is 6.72. The highest BCUT2D eigenvalue weighted by Gasteiger charge is 2.70. The van der Waals surface area contributed by atoms with Gasteiger partial charge in [0.25, 0.3) is 0 Å². The van der Waals surface area contributed by atoms with Crippen LogP contribution in [-0.4, -0.2) is 0 Å². The quantitative estimate of drug-likeness (QED) is 0.548. The SMILES string of the molecule is C=CC12CCC13CC(C2)C1=C3C(C)C1. The van der Waals surface area contributed by atoms with Crippen molar-refractivity contribution in [3.8, 4) is 0 Å². The number of allylic oxidation sites excluding steroid dienone is 3. The van der Waals surface area contributed by atoms with E-state index in [1.165, 1.54) is 32.1 Å². The molecule has 1 spiro atoms. The zero-order valence-corrected chi connectivity index (χ0v) is 8.97. The van der Waals surface area contributed by atoms with Gasteiger partial charge in [-0.15, -0.1) is 6.58 Å². The molecule has 0 amide bonds. The molecule has 4 unspecified atom stereocenters. The minimum absolute atomic E-state index is 0.561. The lowest BCUT2D eigenvalue weighted by Gasteiger charge is -2.60. The molecule has 0 nitrogen and oxygen atoms in total. The minimum atomic E-state index is 0.561. The topological polar surface area (TPSA) is 0 Å². The Morgan fingerprint density at radius 2 is 2.21 bits per heavy atom. The van der Waals surface area contributed by atoms with Gasteiger partial charge in [-0.1, -0.05) is 24.1 Å². The first kappa shape index (κ1) is 7.73. The molecule has 4 aliphatic rings. The van der Waals surface area contributed by atoms with Gasteiger partial charge in [0.05, 0.1) is 0 Å². The Morgan fingerprint density at radius 1 is 1.36 bits per heavy atom. The van der Waals surface area contributed by atoms with Crippen LogP contribution in [0.5, 0.6) is 0 Å². The monoisotopic (exact) mass is 186 g/mol. The summed E-state index contributed by atoms with van der Waals surface area (Å²) in [7, 11) is 0. The Bertz CT molecular complexity index is 375. The molecule has 0 radical (unpaired) electrons. The largest absolute Gasteiger partial charge is 0.102 e. The van der Waals surface area contributed by atoms with Crippen molar-refractivity contribution in [2.24, 2.45) is 22.7 Å². The van der Waals surface area contributed by atoms with Crippen LogP contribution >= 0.6 is 0 Å². The van der Waals surface area contributed by atoms with Gasteiger partial charge < -0.3 is 0 Å². The van der Waals surface area contributed by atoms with Crippen LogP contribution in [0.3, 0.4) is 0 Å². The van der Waals surface area contributed by atoms with Crippen LogP contribution in [0, 0.1) is 22.7 Å². The molecule has 74 valence electrons. The van der Waals surface area contributed by atoms with Crippen molar-refractivity contribution in [2.75, 3.05) is 0 Å². The van der Waals surface area contributed by atoms with Crippen molar-refractivity contribution < 1.29 is 0 Å². The van der Waals surface area contributed by atoms with Crippen molar-refractivity contribution in [1.29, 1.82) is 0 Å². The molecule has 0 aromatic rings. The highest BCUT2D eigenvalue weighted by atomic mass is 14.7. The normalized spacial score (nSPS) is 57.5. The molecule has 0 heterocycles. The van der Waals surface area contributed by atoms with Gasteiger partial charge in [0.15, 0.2) is 0 Å². The molecule has 0 aromatic carbocycles. The molecule has 2 bridgehead atoms. The van der Waals surface area contributed by atoms with E-state index in [1.807, 2.05) is 11.1 Å². The Balaban J connectivity index is 1.92. The lowest BCUT2D eigenvalue weighted by atomic mass is 9.44. The average molecular weight is 186 g/mol. The number of hydrogen-bond donors (Lipinski definition) is 0. The van der Waals surface area contributed by atoms with Crippen LogP contribution < -0.4 is 0 Å². The average Bonchev–Trinajstić information content (AvgIpc) is 2.53. The molecule has 0 N–H and O–H groups in total. The predicted molar refractivity (Wildman–Crippen MR) is 57.8 cm³/mol. The zero-order valence-electron chi connectivity index (χ0n) is 8.97. The lowest BCUT2D eigenvalue weighted by molar-refractivity contribution is 0.0135. The van der Waals surface area contributed by atoms with E-state index in [2.05, 4.69) is 19.6 Å². The number of rotatable bonds is 1. The van der Waals surface area contributed by atoms with Gasteiger partial charge in [0.1, 0.15) is 0 Å². The molecule has 4 rings (SSSR count). The van der Waals surface area contributed by atoms with Crippen LogP contribution in [0.25, 0.3) is 0 Å². The van der Waals surface area contributed by atoms with E-state index in [-0.39, 0.29) is 0 Å². The van der Waals surface area contributed by atoms with E-state index in [0.29, 0.717) is 10.8 Å². The lowest BCUT2D eigenvalue weighted by Crippen LogP contribution is -2.50. The van der Waals surface area contributed by atoms with Gasteiger partial charge in [-0.3, -0.25) is 0 Å². The van der Waals surface area contributed by atoms with Crippen LogP contribution in [0.1, 0.15) is 39.0 Å². The minimum Gasteiger partial charge on any atom is -0.102 e. The molecule has 0 heteroatoms. The third kappa shape index (κ3) is 0.495. The van der Waals surface area contributed by atoms with E-state index < -0.39 is 0 Å². The second-order valence-electron chi connectivity index (χ2n) is 6.09. The Morgan fingerprint density at radius 3 is 2.79 bits per heavy atom. The summed E-state index contributed by atoms with van der Waals surface area (Å²) in [4.78, 5) is 0. The Labute approximate surface area is 86.1 Å². The standard InChI is InChI=1S/C14H18/c1-3-13-4-5-14(13)8-10(7-13)11-6-9(2)12(11)14/h3,9-10H,1,4-8H2,2H3. The maximum atomic E-state index is 4.12. The summed E-state index contributed by atoms with van der Waals surface area (Å²) in [5.41, 5.74) is 4.99. The van der Waals surface area contributed by atoms with Crippen LogP contribution in [0.2, 0.25) is 0 Å². The van der Waals surface area contributed by atoms with Gasteiger partial charge in [-0.25, -0.2) is 0 Å². The number of fused-ring (bicyclic) bond motifs is 2. The summed E-state index contributed by atoms with van der Waals surface area (Å²) in [6.07, 6.45) is 9.57. The Hall–Kier alpha value is -0.520. The van der Waals surface area contributed by atoms with Crippen molar-refractivity contribution in [3.05, 3.63) is 23.8 Å². The van der Waals surface area contributed by atoms with Crippen molar-refractivity contribution in [3.63, 3.8) is 0 Å². The van der Waals surface area contributed by atoms with E-state index in [0.717, 1.165) is 11.8 Å². The van der Waals surface area contributed by atoms with Crippen LogP contribution in [0.15, 0.2) is 23.8 Å². The summed E-state index contributed by atoms with van der Waals surface area (Å²) >= 11 is 0. The Kier molecular flexibility index (Phi) is 1.05. The third-order valence-corrected chi connectivity index (χ3v) is 5.92. The van der Waals surface area contributed by atoms with Gasteiger partial charge in [0.2, 0.25) is 0 Å². The first-order valence-corrected chi connectivity index (χ1v) is 6.09. The van der Waals surface area contributed by atoms with Crippen molar-refractivity contribution in [2.45, 2.75) is 39.0 Å². The molecular weight excluding hydrogens is 168 g/mol. The number of hydrogen-bond acceptors (Lipinski definition) is 0. The van der Waals surface area contributed by atoms with Crippen molar-refractivity contribution in [1.82, 2.24) is 0 Å². The van der Waals surface area contributed by atoms with Gasteiger partial charge >= 0.3 is 0 Å². The first-order valence-electron chi connectivity index (χ1n) is 6.09. The molecule has 2 saturated carbocycles. The summed E-state index contributed by atoms with van der Waals surface area (Å²) in [5.74, 6) is 1.89. The van der Waals surface area contributed by atoms with E-state index in [4.69, 9.17) is 0 Å². The second-order valence-corrected chi connectivity index (χ2v) is 6.09. The summed E-state index contributed by atoms with van der Waals surface area (Å²) in [6, 6.07) is 0. The highest BCUT2D eigenvalue weighted by Crippen LogP contribution is 2.80. The summed E-state index contributed by atoms with van der Waals surface area (Å²) < 4.78 is 0. The fourth-order valence-electron chi connectivity index (χ4n) is 5.32. The van der Waals surface area contributed by atoms with Gasteiger partial charge in [-0.05, 0) is 49.4 Å². The molecule has 2 fully saturated rings. The van der Waals surface area contributed by atoms with Crippen LogP contribution in [0.4, 0.5) is 0 Å². The molecule has 0 saturated heterocycles. The highest BCUT2D eigenvalue weighted by molar-refractivity contribution is 5.50. The molecule has 0 aliphatic heterocycles. The summed E-state index contributed by atoms with van der Waals surface area (Å²) in [5, 5.41) is 0. The smallest absolute Gasteiger partial charge is 0.00145 e. The predicted octanol–water partition coefficient (Wildman–Crippen LogP) is 3.70. The molecule has 0 aromatic heterocycles. The van der Waals surface area contributed by atoms with Crippen molar-refractivity contribution >= 4 is 0 Å². The maximum absolute atomic E-state index is 4.12. The second kappa shape index (κ2) is 1.89. The van der Waals surface area contributed by atoms with E-state index >= 15 is 0 Å². The third-order valence-electron chi connectivity index (χ3n) is 5.92. The molecule has 4 aliphatic carbocycles. The van der Waals surface area contributed by atoms with Crippen LogP contribution in [-0.2, 0) is 0 Å². The van der Waals surface area contributed by atoms with E-state index in [9.17, 15) is 0 Å².